The summed E-state index contributed by atoms with van der Waals surface area (Å²) >= 11 is 0. The van der Waals surface area contributed by atoms with Crippen LogP contribution < -0.4 is 0 Å². The summed E-state index contributed by atoms with van der Waals surface area (Å²) < 4.78 is 4.64. The Kier molecular flexibility index (Phi) is 7.38. The predicted molar refractivity (Wildman–Crippen MR) is 228 cm³/mol. The highest BCUT2D eigenvalue weighted by atomic mass is 15.0. The van der Waals surface area contributed by atoms with Crippen molar-refractivity contribution in [3.63, 3.8) is 0 Å². The van der Waals surface area contributed by atoms with Crippen LogP contribution in [0.25, 0.3) is 100 Å². The highest BCUT2D eigenvalue weighted by molar-refractivity contribution is 6.18. The van der Waals surface area contributed by atoms with Crippen molar-refractivity contribution in [3.05, 3.63) is 194 Å². The first kappa shape index (κ1) is 31.8. The van der Waals surface area contributed by atoms with Gasteiger partial charge in [-0.05, 0) is 54.6 Å². The number of rotatable bonds is 6. The fourth-order valence-corrected chi connectivity index (χ4v) is 7.99. The van der Waals surface area contributed by atoms with Gasteiger partial charge in [0, 0.05) is 55.8 Å². The second-order valence-electron chi connectivity index (χ2n) is 13.9. The highest BCUT2D eigenvalue weighted by Gasteiger charge is 2.20. The second-order valence-corrected chi connectivity index (χ2v) is 13.9. The molecule has 0 spiro atoms. The summed E-state index contributed by atoms with van der Waals surface area (Å²) in [4.78, 5) is 20.8. The van der Waals surface area contributed by atoms with Crippen molar-refractivity contribution in [2.75, 3.05) is 0 Å². The molecule has 0 fully saturated rings. The molecule has 0 aliphatic rings. The normalized spacial score (nSPS) is 11.6. The molecule has 56 heavy (non-hydrogen) atoms. The van der Waals surface area contributed by atoms with E-state index in [0.29, 0.717) is 17.3 Å². The Bertz CT molecular complexity index is 3180. The number of nitrogens with zero attached hydrogens (tertiary/aromatic N) is 6. The molecule has 0 bridgehead atoms. The van der Waals surface area contributed by atoms with Crippen molar-refractivity contribution in [2.45, 2.75) is 0 Å². The van der Waals surface area contributed by atoms with Crippen molar-refractivity contribution in [3.8, 4) is 56.8 Å². The Morgan fingerprint density at radius 2 is 0.982 bits per heavy atom. The van der Waals surface area contributed by atoms with E-state index in [1.165, 1.54) is 16.2 Å². The van der Waals surface area contributed by atoms with Crippen LogP contribution in [0.2, 0.25) is 0 Å². The average molecular weight is 717 g/mol. The standard InChI is InChI=1S/C50H32N6/c1-4-15-33(16-5-1)43-32-44(34-17-6-2-7-18-34)53-50(52-43)47-40-24-10-12-25-42(40)51-49(54-47)35-19-14-22-37(31-35)56-46-26-13-11-23-38(46)39-27-28-45-41(48(39)56)29-30-55(45)36-20-8-3-9-21-36/h1-32H. The van der Waals surface area contributed by atoms with Crippen LogP contribution in [0, 0.1) is 0 Å². The van der Waals surface area contributed by atoms with E-state index in [4.69, 9.17) is 19.9 Å². The van der Waals surface area contributed by atoms with E-state index in [-0.39, 0.29) is 0 Å². The minimum Gasteiger partial charge on any atom is -0.316 e. The predicted octanol–water partition coefficient (Wildman–Crippen LogP) is 12.1. The lowest BCUT2D eigenvalue weighted by Gasteiger charge is -2.13. The van der Waals surface area contributed by atoms with E-state index in [9.17, 15) is 0 Å². The van der Waals surface area contributed by atoms with E-state index in [2.05, 4.69) is 149 Å². The molecule has 0 amide bonds. The zero-order valence-electron chi connectivity index (χ0n) is 30.2. The first-order valence-corrected chi connectivity index (χ1v) is 18.7. The smallest absolute Gasteiger partial charge is 0.180 e. The molecular weight excluding hydrogens is 685 g/mol. The molecule has 6 nitrogen and oxygen atoms in total. The Hall–Kier alpha value is -7.70. The van der Waals surface area contributed by atoms with Crippen LogP contribution in [0.1, 0.15) is 0 Å². The molecule has 0 radical (unpaired) electrons. The van der Waals surface area contributed by atoms with Gasteiger partial charge in [0.25, 0.3) is 0 Å². The molecule has 11 rings (SSSR count). The molecule has 4 aromatic heterocycles. The average Bonchev–Trinajstić information content (AvgIpc) is 3.87. The quantitative estimate of drug-likeness (QED) is 0.172. The van der Waals surface area contributed by atoms with Gasteiger partial charge >= 0.3 is 0 Å². The summed E-state index contributed by atoms with van der Waals surface area (Å²) in [5.74, 6) is 1.16. The summed E-state index contributed by atoms with van der Waals surface area (Å²) in [6.45, 7) is 0. The van der Waals surface area contributed by atoms with Gasteiger partial charge in [-0.2, -0.15) is 0 Å². The third-order valence-electron chi connectivity index (χ3n) is 10.6. The summed E-state index contributed by atoms with van der Waals surface area (Å²) in [6.07, 6.45) is 2.17. The Morgan fingerprint density at radius 1 is 0.357 bits per heavy atom. The number of benzene rings is 7. The van der Waals surface area contributed by atoms with Crippen molar-refractivity contribution < 1.29 is 0 Å². The van der Waals surface area contributed by atoms with Crippen LogP contribution >= 0.6 is 0 Å². The maximum atomic E-state index is 5.30. The molecule has 0 aliphatic heterocycles. The maximum Gasteiger partial charge on any atom is 0.180 e. The van der Waals surface area contributed by atoms with E-state index < -0.39 is 0 Å². The highest BCUT2D eigenvalue weighted by Crippen LogP contribution is 2.39. The lowest BCUT2D eigenvalue weighted by Crippen LogP contribution is -2.01. The van der Waals surface area contributed by atoms with Crippen molar-refractivity contribution >= 4 is 43.6 Å². The molecule has 7 aromatic carbocycles. The number of hydrogen-bond donors (Lipinski definition) is 0. The Labute approximate surface area is 322 Å². The molecule has 0 saturated heterocycles. The van der Waals surface area contributed by atoms with E-state index in [1.807, 2.05) is 54.6 Å². The Morgan fingerprint density at radius 3 is 1.73 bits per heavy atom. The molecule has 0 N–H and O–H groups in total. The van der Waals surface area contributed by atoms with E-state index in [0.717, 1.165) is 66.9 Å². The van der Waals surface area contributed by atoms with Crippen molar-refractivity contribution in [2.24, 2.45) is 0 Å². The monoisotopic (exact) mass is 716 g/mol. The van der Waals surface area contributed by atoms with Gasteiger partial charge < -0.3 is 9.13 Å². The lowest BCUT2D eigenvalue weighted by atomic mass is 10.1. The van der Waals surface area contributed by atoms with Gasteiger partial charge in [-0.25, -0.2) is 19.9 Å². The van der Waals surface area contributed by atoms with E-state index in [1.54, 1.807) is 0 Å². The zero-order valence-corrected chi connectivity index (χ0v) is 30.2. The molecule has 6 heteroatoms. The van der Waals surface area contributed by atoms with Crippen LogP contribution in [-0.4, -0.2) is 29.1 Å². The van der Waals surface area contributed by atoms with Gasteiger partial charge in [-0.1, -0.05) is 133 Å². The summed E-state index contributed by atoms with van der Waals surface area (Å²) in [5, 5.41) is 4.49. The van der Waals surface area contributed by atoms with Crippen molar-refractivity contribution in [1.82, 2.24) is 29.1 Å². The molecule has 4 heterocycles. The molecular formula is C50H32N6. The van der Waals surface area contributed by atoms with Crippen LogP contribution in [0.5, 0.6) is 0 Å². The molecule has 0 atom stereocenters. The number of hydrogen-bond acceptors (Lipinski definition) is 4. The van der Waals surface area contributed by atoms with Crippen LogP contribution in [0.15, 0.2) is 194 Å². The first-order chi connectivity index (χ1) is 27.8. The molecule has 0 unspecified atom stereocenters. The zero-order chi connectivity index (χ0) is 37.0. The van der Waals surface area contributed by atoms with Gasteiger partial charge in [0.05, 0.1) is 33.5 Å². The van der Waals surface area contributed by atoms with Gasteiger partial charge in [-0.3, -0.25) is 0 Å². The molecule has 0 saturated carbocycles. The summed E-state index contributed by atoms with van der Waals surface area (Å²) in [6, 6.07) is 65.1. The SMILES string of the molecule is c1ccc(-c2cc(-c3ccccc3)nc(-c3nc(-c4cccc(-n5c6ccccc6c6ccc7c(ccn7-c7ccccc7)c65)c4)nc4ccccc34)n2)cc1. The van der Waals surface area contributed by atoms with E-state index >= 15 is 0 Å². The van der Waals surface area contributed by atoms with Crippen LogP contribution in [-0.2, 0) is 0 Å². The fraction of sp³-hybridized carbons (Fsp3) is 0. The summed E-state index contributed by atoms with van der Waals surface area (Å²) in [7, 11) is 0. The lowest BCUT2D eigenvalue weighted by molar-refractivity contribution is 1.13. The third-order valence-corrected chi connectivity index (χ3v) is 10.6. The minimum absolute atomic E-state index is 0.550. The van der Waals surface area contributed by atoms with Gasteiger partial charge in [0.1, 0.15) is 5.69 Å². The molecule has 0 aliphatic carbocycles. The fourth-order valence-electron chi connectivity index (χ4n) is 7.99. The summed E-state index contributed by atoms with van der Waals surface area (Å²) in [5.41, 5.74) is 11.7. The van der Waals surface area contributed by atoms with Crippen LogP contribution in [0.4, 0.5) is 0 Å². The van der Waals surface area contributed by atoms with Crippen LogP contribution in [0.3, 0.4) is 0 Å². The van der Waals surface area contributed by atoms with Gasteiger partial charge in [-0.15, -0.1) is 0 Å². The van der Waals surface area contributed by atoms with Gasteiger partial charge in [0.15, 0.2) is 11.6 Å². The third kappa shape index (κ3) is 5.27. The topological polar surface area (TPSA) is 61.4 Å². The maximum absolute atomic E-state index is 5.30. The number of para-hydroxylation sites is 3. The number of aromatic nitrogens is 6. The Balaban J connectivity index is 1.12. The van der Waals surface area contributed by atoms with Gasteiger partial charge in [0.2, 0.25) is 0 Å². The number of fused-ring (bicyclic) bond motifs is 6. The minimum atomic E-state index is 0.550. The largest absolute Gasteiger partial charge is 0.316 e. The molecule has 11 aromatic rings. The first-order valence-electron chi connectivity index (χ1n) is 18.7. The molecule has 262 valence electrons. The van der Waals surface area contributed by atoms with Crippen molar-refractivity contribution in [1.29, 1.82) is 0 Å². The second kappa shape index (κ2) is 13.0.